The molecule has 9 heteroatoms. The first-order valence-electron chi connectivity index (χ1n) is 11.0. The Kier molecular flexibility index (Phi) is 7.92. The lowest BCUT2D eigenvalue weighted by Gasteiger charge is -2.08. The van der Waals surface area contributed by atoms with Crippen molar-refractivity contribution >= 4 is 23.2 Å². The highest BCUT2D eigenvalue weighted by Crippen LogP contribution is 2.27. The van der Waals surface area contributed by atoms with E-state index in [4.69, 9.17) is 9.47 Å². The van der Waals surface area contributed by atoms with Crippen molar-refractivity contribution in [1.29, 1.82) is 0 Å². The summed E-state index contributed by atoms with van der Waals surface area (Å²) in [6, 6.07) is 18.1. The van der Waals surface area contributed by atoms with Crippen molar-refractivity contribution in [1.82, 2.24) is 9.88 Å². The summed E-state index contributed by atoms with van der Waals surface area (Å²) in [5.41, 5.74) is 2.67. The van der Waals surface area contributed by atoms with Gasteiger partial charge in [0, 0.05) is 35.8 Å². The van der Waals surface area contributed by atoms with Crippen LogP contribution in [0.1, 0.15) is 31.8 Å². The first kappa shape index (κ1) is 24.9. The molecule has 7 nitrogen and oxygen atoms in total. The molecule has 0 spiro atoms. The topological polar surface area (TPSA) is 81.9 Å². The van der Waals surface area contributed by atoms with Crippen molar-refractivity contribution in [3.63, 3.8) is 0 Å². The zero-order valence-electron chi connectivity index (χ0n) is 19.7. The van der Waals surface area contributed by atoms with Crippen LogP contribution in [0, 0.1) is 5.82 Å². The lowest BCUT2D eigenvalue weighted by Crippen LogP contribution is -2.22. The van der Waals surface area contributed by atoms with Gasteiger partial charge in [-0.1, -0.05) is 24.3 Å². The number of benzene rings is 3. The molecule has 0 bridgehead atoms. The molecule has 0 saturated heterocycles. The number of aromatic nitrogens is 1. The van der Waals surface area contributed by atoms with Crippen LogP contribution in [0.15, 0.2) is 83.3 Å². The Balaban J connectivity index is 1.42. The van der Waals surface area contributed by atoms with E-state index in [9.17, 15) is 14.0 Å². The summed E-state index contributed by atoms with van der Waals surface area (Å²) >= 11 is 1.35. The Bertz CT molecular complexity index is 1430. The number of carbonyl (C=O) groups excluding carboxylic acids is 2. The standard InChI is InChI=1S/C27H24FN3O4S/c1-34-23-12-9-21(15-24(23)35-2)26(33)30-27-31(13-14-36-27)17-19-3-7-20(8-4-19)25(32)29-16-18-5-10-22(28)11-6-18/h3-15H,16-17H2,1-2H3,(H,29,32). The molecule has 0 aliphatic heterocycles. The normalized spacial score (nSPS) is 11.2. The Labute approximate surface area is 211 Å². The third-order valence-electron chi connectivity index (χ3n) is 5.42. The van der Waals surface area contributed by atoms with Gasteiger partial charge in [-0.2, -0.15) is 4.99 Å². The number of halogens is 1. The first-order valence-corrected chi connectivity index (χ1v) is 11.9. The lowest BCUT2D eigenvalue weighted by molar-refractivity contribution is 0.0949. The third-order valence-corrected chi connectivity index (χ3v) is 6.22. The van der Waals surface area contributed by atoms with Gasteiger partial charge in [-0.15, -0.1) is 11.3 Å². The van der Waals surface area contributed by atoms with E-state index in [1.807, 2.05) is 28.3 Å². The van der Waals surface area contributed by atoms with Crippen molar-refractivity contribution in [3.8, 4) is 11.5 Å². The summed E-state index contributed by atoms with van der Waals surface area (Å²) in [5.74, 6) is 0.0725. The summed E-state index contributed by atoms with van der Waals surface area (Å²) in [7, 11) is 3.04. The second-order valence-electron chi connectivity index (χ2n) is 7.81. The molecule has 4 rings (SSSR count). The van der Waals surface area contributed by atoms with Gasteiger partial charge in [-0.05, 0) is 53.6 Å². The minimum atomic E-state index is -0.389. The maximum Gasteiger partial charge on any atom is 0.279 e. The Hall–Kier alpha value is -4.24. The van der Waals surface area contributed by atoms with E-state index >= 15 is 0 Å². The highest BCUT2D eigenvalue weighted by molar-refractivity contribution is 7.07. The van der Waals surface area contributed by atoms with Crippen molar-refractivity contribution < 1.29 is 23.5 Å². The Morgan fingerprint density at radius 3 is 2.28 bits per heavy atom. The van der Waals surface area contributed by atoms with Crippen LogP contribution in [0.3, 0.4) is 0 Å². The molecule has 2 amide bonds. The van der Waals surface area contributed by atoms with E-state index in [-0.39, 0.29) is 17.6 Å². The number of hydrogen-bond acceptors (Lipinski definition) is 5. The molecule has 0 fully saturated rings. The van der Waals surface area contributed by atoms with Gasteiger partial charge in [0.15, 0.2) is 16.3 Å². The van der Waals surface area contributed by atoms with Crippen LogP contribution < -0.4 is 19.6 Å². The average Bonchev–Trinajstić information content (AvgIpc) is 3.34. The number of ether oxygens (including phenoxy) is 2. The molecule has 0 unspecified atom stereocenters. The van der Waals surface area contributed by atoms with Crippen LogP contribution in [0.2, 0.25) is 0 Å². The molecule has 1 N–H and O–H groups in total. The molecule has 184 valence electrons. The van der Waals surface area contributed by atoms with Gasteiger partial charge in [0.25, 0.3) is 11.8 Å². The minimum absolute atomic E-state index is 0.217. The van der Waals surface area contributed by atoms with E-state index < -0.39 is 0 Å². The smallest absolute Gasteiger partial charge is 0.279 e. The van der Waals surface area contributed by atoms with E-state index in [0.29, 0.717) is 40.5 Å². The van der Waals surface area contributed by atoms with Crippen LogP contribution >= 0.6 is 11.3 Å². The zero-order valence-corrected chi connectivity index (χ0v) is 20.5. The number of nitrogens with one attached hydrogen (secondary N) is 1. The van der Waals surface area contributed by atoms with Gasteiger partial charge in [-0.25, -0.2) is 4.39 Å². The summed E-state index contributed by atoms with van der Waals surface area (Å²) in [6.07, 6.45) is 1.86. The van der Waals surface area contributed by atoms with Crippen molar-refractivity contribution in [2.45, 2.75) is 13.1 Å². The fourth-order valence-electron chi connectivity index (χ4n) is 3.47. The number of thiazole rings is 1. The minimum Gasteiger partial charge on any atom is -0.493 e. The molecule has 0 radical (unpaired) electrons. The number of carbonyl (C=O) groups is 2. The molecule has 0 saturated carbocycles. The van der Waals surface area contributed by atoms with Gasteiger partial charge in [-0.3, -0.25) is 9.59 Å². The maximum atomic E-state index is 13.0. The van der Waals surface area contributed by atoms with E-state index in [1.54, 1.807) is 42.5 Å². The quantitative estimate of drug-likeness (QED) is 0.384. The predicted molar refractivity (Wildman–Crippen MR) is 135 cm³/mol. The fraction of sp³-hybridized carbons (Fsp3) is 0.148. The first-order chi connectivity index (χ1) is 17.5. The molecule has 0 atom stereocenters. The van der Waals surface area contributed by atoms with E-state index in [1.165, 1.54) is 37.7 Å². The molecule has 36 heavy (non-hydrogen) atoms. The number of amides is 2. The molecule has 1 aromatic heterocycles. The van der Waals surface area contributed by atoms with Crippen LogP contribution in [0.25, 0.3) is 0 Å². The van der Waals surface area contributed by atoms with Gasteiger partial charge in [0.2, 0.25) is 0 Å². The largest absolute Gasteiger partial charge is 0.493 e. The summed E-state index contributed by atoms with van der Waals surface area (Å²) in [5, 5.41) is 4.69. The van der Waals surface area contributed by atoms with E-state index in [0.717, 1.165) is 11.1 Å². The number of rotatable bonds is 8. The Morgan fingerprint density at radius 2 is 1.58 bits per heavy atom. The molecule has 1 heterocycles. The third kappa shape index (κ3) is 6.05. The van der Waals surface area contributed by atoms with Crippen molar-refractivity contribution in [2.24, 2.45) is 4.99 Å². The number of methoxy groups -OCH3 is 2. The fourth-order valence-corrected chi connectivity index (χ4v) is 4.20. The van der Waals surface area contributed by atoms with E-state index in [2.05, 4.69) is 10.3 Å². The highest BCUT2D eigenvalue weighted by Gasteiger charge is 2.11. The van der Waals surface area contributed by atoms with Gasteiger partial charge in [0.05, 0.1) is 14.2 Å². The number of hydrogen-bond donors (Lipinski definition) is 1. The Morgan fingerprint density at radius 1 is 0.917 bits per heavy atom. The van der Waals surface area contributed by atoms with Crippen LogP contribution in [-0.2, 0) is 13.1 Å². The number of nitrogens with zero attached hydrogens (tertiary/aromatic N) is 2. The molecule has 0 aliphatic rings. The molecular formula is C27H24FN3O4S. The highest BCUT2D eigenvalue weighted by atomic mass is 32.1. The maximum absolute atomic E-state index is 13.0. The lowest BCUT2D eigenvalue weighted by atomic mass is 10.1. The van der Waals surface area contributed by atoms with Crippen LogP contribution in [0.5, 0.6) is 11.5 Å². The zero-order chi connectivity index (χ0) is 25.5. The van der Waals surface area contributed by atoms with Crippen LogP contribution in [0.4, 0.5) is 4.39 Å². The molecule has 3 aromatic carbocycles. The van der Waals surface area contributed by atoms with Crippen LogP contribution in [-0.4, -0.2) is 30.6 Å². The average molecular weight is 506 g/mol. The SMILES string of the molecule is COc1ccc(C(=O)N=c2sccn2Cc2ccc(C(=O)NCc3ccc(F)cc3)cc2)cc1OC. The predicted octanol–water partition coefficient (Wildman–Crippen LogP) is 4.43. The van der Waals surface area contributed by atoms with Gasteiger partial charge >= 0.3 is 0 Å². The van der Waals surface area contributed by atoms with Gasteiger partial charge < -0.3 is 19.4 Å². The molecule has 0 aliphatic carbocycles. The van der Waals surface area contributed by atoms with Crippen molar-refractivity contribution in [2.75, 3.05) is 14.2 Å². The van der Waals surface area contributed by atoms with Crippen molar-refractivity contribution in [3.05, 3.63) is 111 Å². The molecular weight excluding hydrogens is 481 g/mol. The summed E-state index contributed by atoms with van der Waals surface area (Å²) in [6.45, 7) is 0.795. The monoisotopic (exact) mass is 505 g/mol. The second kappa shape index (κ2) is 11.5. The molecule has 4 aromatic rings. The summed E-state index contributed by atoms with van der Waals surface area (Å²) < 4.78 is 25.4. The van der Waals surface area contributed by atoms with Gasteiger partial charge in [0.1, 0.15) is 5.82 Å². The second-order valence-corrected chi connectivity index (χ2v) is 8.68. The summed E-state index contributed by atoms with van der Waals surface area (Å²) in [4.78, 5) is 30.0.